The lowest BCUT2D eigenvalue weighted by atomic mass is 10.1. The molecule has 120 valence electrons. The van der Waals surface area contributed by atoms with Crippen molar-refractivity contribution in [2.45, 2.75) is 11.1 Å². The third-order valence-corrected chi connectivity index (χ3v) is 4.63. The van der Waals surface area contributed by atoms with Gasteiger partial charge in [0.15, 0.2) is 14.9 Å². The molecule has 1 aliphatic rings. The largest absolute Gasteiger partial charge is 0.438 e. The van der Waals surface area contributed by atoms with Crippen LogP contribution in [0, 0.1) is 0 Å². The van der Waals surface area contributed by atoms with Gasteiger partial charge in [0.25, 0.3) is 0 Å². The Hall–Kier alpha value is -1.90. The van der Waals surface area contributed by atoms with Crippen LogP contribution in [0.2, 0.25) is 0 Å². The Kier molecular flexibility index (Phi) is 4.38. The third-order valence-electron chi connectivity index (χ3n) is 3.10. The number of aromatic nitrogens is 1. The van der Waals surface area contributed by atoms with Crippen LogP contribution in [-0.4, -0.2) is 19.7 Å². The van der Waals surface area contributed by atoms with E-state index < -0.39 is 9.84 Å². The number of hydroxylamine groups is 1. The molecule has 0 aliphatic carbocycles. The van der Waals surface area contributed by atoms with Gasteiger partial charge in [0.05, 0.1) is 6.20 Å². The van der Waals surface area contributed by atoms with Gasteiger partial charge in [0.1, 0.15) is 11.9 Å². The maximum Gasteiger partial charge on any atom is 0.216 e. The number of halogens is 1. The Labute approximate surface area is 142 Å². The number of ether oxygens (including phenoxy) is 1. The van der Waals surface area contributed by atoms with Crippen LogP contribution < -0.4 is 10.2 Å². The van der Waals surface area contributed by atoms with Gasteiger partial charge in [0.2, 0.25) is 5.88 Å². The van der Waals surface area contributed by atoms with E-state index in [-0.39, 0.29) is 11.1 Å². The first-order chi connectivity index (χ1) is 10.9. The maximum atomic E-state index is 11.4. The van der Waals surface area contributed by atoms with Crippen molar-refractivity contribution < 1.29 is 18.0 Å². The van der Waals surface area contributed by atoms with Crippen molar-refractivity contribution in [1.82, 2.24) is 10.5 Å². The Balaban J connectivity index is 1.71. The summed E-state index contributed by atoms with van der Waals surface area (Å²) >= 11 is 3.38. The van der Waals surface area contributed by atoms with Crippen molar-refractivity contribution >= 4 is 25.8 Å². The summed E-state index contributed by atoms with van der Waals surface area (Å²) in [6.07, 6.45) is 3.98. The number of hydrogen-bond donors (Lipinski definition) is 1. The number of nitrogens with zero attached hydrogens (tertiary/aromatic N) is 1. The predicted octanol–water partition coefficient (Wildman–Crippen LogP) is 2.74. The minimum atomic E-state index is -3.32. The van der Waals surface area contributed by atoms with Crippen molar-refractivity contribution in [2.24, 2.45) is 0 Å². The van der Waals surface area contributed by atoms with Gasteiger partial charge < -0.3 is 4.74 Å². The summed E-state index contributed by atoms with van der Waals surface area (Å²) in [6.45, 7) is 0. The predicted molar refractivity (Wildman–Crippen MR) is 87.2 cm³/mol. The molecule has 2 heterocycles. The molecule has 23 heavy (non-hydrogen) atoms. The molecule has 0 bridgehead atoms. The van der Waals surface area contributed by atoms with Crippen LogP contribution in [0.4, 0.5) is 0 Å². The molecule has 6 nitrogen and oxygen atoms in total. The van der Waals surface area contributed by atoms with Crippen molar-refractivity contribution in [3.8, 4) is 5.75 Å². The molecule has 3 rings (SSSR count). The van der Waals surface area contributed by atoms with Gasteiger partial charge >= 0.3 is 0 Å². The molecule has 1 aliphatic heterocycles. The smallest absolute Gasteiger partial charge is 0.216 e. The highest BCUT2D eigenvalue weighted by molar-refractivity contribution is 9.10. The summed E-state index contributed by atoms with van der Waals surface area (Å²) in [5, 5.41) is 0.00204. The lowest BCUT2D eigenvalue weighted by molar-refractivity contribution is 0.0273. The molecular formula is C15H13BrN2O4S. The van der Waals surface area contributed by atoms with Crippen molar-refractivity contribution in [2.75, 3.05) is 6.26 Å². The molecule has 1 N–H and O–H groups in total. The van der Waals surface area contributed by atoms with Crippen LogP contribution in [0.15, 0.2) is 64.1 Å². The number of benzene rings is 1. The Bertz CT molecular complexity index is 833. The fourth-order valence-corrected chi connectivity index (χ4v) is 2.80. The van der Waals surface area contributed by atoms with E-state index in [1.165, 1.54) is 12.3 Å². The molecule has 0 saturated heterocycles. The van der Waals surface area contributed by atoms with Crippen LogP contribution in [0.3, 0.4) is 0 Å². The van der Waals surface area contributed by atoms with Gasteiger partial charge in [0, 0.05) is 16.8 Å². The molecule has 2 aromatic rings. The molecule has 0 saturated carbocycles. The highest BCUT2D eigenvalue weighted by Gasteiger charge is 2.20. The van der Waals surface area contributed by atoms with E-state index in [4.69, 9.17) is 9.57 Å². The van der Waals surface area contributed by atoms with E-state index in [1.54, 1.807) is 12.1 Å². The summed E-state index contributed by atoms with van der Waals surface area (Å²) in [7, 11) is -3.32. The zero-order valence-corrected chi connectivity index (χ0v) is 14.5. The molecule has 0 unspecified atom stereocenters. The first-order valence-electron chi connectivity index (χ1n) is 6.65. The molecule has 1 aromatic heterocycles. The summed E-state index contributed by atoms with van der Waals surface area (Å²) in [6, 6.07) is 10.7. The van der Waals surface area contributed by atoms with E-state index >= 15 is 0 Å². The van der Waals surface area contributed by atoms with Crippen LogP contribution in [0.25, 0.3) is 0 Å². The van der Waals surface area contributed by atoms with Gasteiger partial charge in [-0.05, 0) is 29.8 Å². The minimum Gasteiger partial charge on any atom is -0.438 e. The van der Waals surface area contributed by atoms with Gasteiger partial charge in [-0.1, -0.05) is 28.1 Å². The number of sulfone groups is 1. The number of hydrogen-bond acceptors (Lipinski definition) is 6. The van der Waals surface area contributed by atoms with Crippen LogP contribution in [0.5, 0.6) is 5.75 Å². The average Bonchev–Trinajstić information content (AvgIpc) is 2.96. The summed E-state index contributed by atoms with van der Waals surface area (Å²) < 4.78 is 29.3. The number of rotatable bonds is 4. The van der Waals surface area contributed by atoms with E-state index in [9.17, 15) is 8.42 Å². The summed E-state index contributed by atoms with van der Waals surface area (Å²) in [4.78, 5) is 9.31. The normalized spacial score (nSPS) is 17.5. The van der Waals surface area contributed by atoms with Gasteiger partial charge in [-0.25, -0.2) is 18.9 Å². The minimum absolute atomic E-state index is 0.00204. The number of nitrogens with one attached hydrogen (secondary N) is 1. The zero-order chi connectivity index (χ0) is 16.4. The summed E-state index contributed by atoms with van der Waals surface area (Å²) in [5.41, 5.74) is 3.67. The lowest BCUT2D eigenvalue weighted by Crippen LogP contribution is -2.12. The molecule has 0 fully saturated rings. The highest BCUT2D eigenvalue weighted by atomic mass is 79.9. The highest BCUT2D eigenvalue weighted by Crippen LogP contribution is 2.26. The van der Waals surface area contributed by atoms with Crippen LogP contribution >= 0.6 is 15.9 Å². The topological polar surface area (TPSA) is 77.5 Å². The maximum absolute atomic E-state index is 11.4. The van der Waals surface area contributed by atoms with Gasteiger partial charge in [-0.3, -0.25) is 4.84 Å². The van der Waals surface area contributed by atoms with E-state index in [1.807, 2.05) is 24.3 Å². The summed E-state index contributed by atoms with van der Waals surface area (Å²) in [5.74, 6) is 0.836. The van der Waals surface area contributed by atoms with Crippen molar-refractivity contribution in [1.29, 1.82) is 0 Å². The molecule has 1 aromatic carbocycles. The molecule has 1 atom stereocenters. The van der Waals surface area contributed by atoms with Gasteiger partial charge in [-0.15, -0.1) is 0 Å². The molecule has 8 heteroatoms. The monoisotopic (exact) mass is 396 g/mol. The fourth-order valence-electron chi connectivity index (χ4n) is 1.97. The SMILES string of the molecule is CS(=O)(=O)c1ccc(OC2=C[C@H](c3ccc(Br)cc3)ON2)cn1. The number of pyridine rings is 1. The van der Waals surface area contributed by atoms with Crippen LogP contribution in [-0.2, 0) is 14.7 Å². The van der Waals surface area contributed by atoms with Crippen LogP contribution in [0.1, 0.15) is 11.7 Å². The molecular weight excluding hydrogens is 384 g/mol. The molecule has 0 amide bonds. The second-order valence-corrected chi connectivity index (χ2v) is 7.81. The quantitative estimate of drug-likeness (QED) is 0.855. The Morgan fingerprint density at radius 1 is 1.22 bits per heavy atom. The van der Waals surface area contributed by atoms with Gasteiger partial charge in [-0.2, -0.15) is 0 Å². The zero-order valence-electron chi connectivity index (χ0n) is 12.1. The molecule has 0 spiro atoms. The second-order valence-electron chi connectivity index (χ2n) is 4.93. The van der Waals surface area contributed by atoms with E-state index in [0.29, 0.717) is 11.6 Å². The first-order valence-corrected chi connectivity index (χ1v) is 9.33. The standard InChI is InChI=1S/C15H13BrN2O4S/c1-23(19,20)15-7-6-12(9-17-15)21-14-8-13(22-18-14)10-2-4-11(16)5-3-10/h2-9,13,18H,1H3/t13-/m1/s1. The molecule has 0 radical (unpaired) electrons. The fraction of sp³-hybridized carbons (Fsp3) is 0.133. The Morgan fingerprint density at radius 2 is 1.96 bits per heavy atom. The van der Waals surface area contributed by atoms with E-state index in [0.717, 1.165) is 16.3 Å². The van der Waals surface area contributed by atoms with Crippen molar-refractivity contribution in [3.05, 3.63) is 64.6 Å². The average molecular weight is 397 g/mol. The lowest BCUT2D eigenvalue weighted by Gasteiger charge is -2.07. The Morgan fingerprint density at radius 3 is 2.57 bits per heavy atom. The van der Waals surface area contributed by atoms with Crippen molar-refractivity contribution in [3.63, 3.8) is 0 Å². The van der Waals surface area contributed by atoms with E-state index in [2.05, 4.69) is 26.4 Å². The second kappa shape index (κ2) is 6.31. The third kappa shape index (κ3) is 3.90. The first kappa shape index (κ1) is 16.0.